The fourth-order valence-corrected chi connectivity index (χ4v) is 2.85. The molecule has 1 aromatic carbocycles. The number of benzene rings is 1. The Balaban J connectivity index is 2.00. The average molecular weight is 304 g/mol. The van der Waals surface area contributed by atoms with Crippen molar-refractivity contribution in [2.45, 2.75) is 38.8 Å². The molecule has 1 fully saturated rings. The molecule has 1 aromatic rings. The van der Waals surface area contributed by atoms with Gasteiger partial charge in [-0.2, -0.15) is 0 Å². The van der Waals surface area contributed by atoms with Gasteiger partial charge in [0.05, 0.1) is 13.2 Å². The Morgan fingerprint density at radius 1 is 1.32 bits per heavy atom. The van der Waals surface area contributed by atoms with E-state index in [2.05, 4.69) is 39.5 Å². The fourth-order valence-electron chi connectivity index (χ4n) is 2.85. The van der Waals surface area contributed by atoms with Crippen LogP contribution in [-0.2, 0) is 11.3 Å². The van der Waals surface area contributed by atoms with E-state index in [1.54, 1.807) is 7.11 Å². The van der Waals surface area contributed by atoms with Crippen LogP contribution in [-0.4, -0.2) is 38.8 Å². The van der Waals surface area contributed by atoms with Gasteiger partial charge in [0.15, 0.2) is 5.96 Å². The lowest BCUT2D eigenvalue weighted by atomic mass is 10.1. The SMILES string of the molecule is COCC(C)NC(N)=NCc1ccccc1N1CCCCC1. The molecule has 122 valence electrons. The molecule has 3 N–H and O–H groups in total. The monoisotopic (exact) mass is 304 g/mol. The predicted molar refractivity (Wildman–Crippen MR) is 92.3 cm³/mol. The molecular weight excluding hydrogens is 276 g/mol. The maximum Gasteiger partial charge on any atom is 0.189 e. The van der Waals surface area contributed by atoms with E-state index in [0.29, 0.717) is 19.1 Å². The van der Waals surface area contributed by atoms with Crippen LogP contribution in [0.15, 0.2) is 29.3 Å². The van der Waals surface area contributed by atoms with Gasteiger partial charge in [-0.1, -0.05) is 18.2 Å². The molecule has 2 rings (SSSR count). The number of hydrogen-bond acceptors (Lipinski definition) is 3. The number of para-hydroxylation sites is 1. The third-order valence-corrected chi connectivity index (χ3v) is 3.92. The molecule has 0 radical (unpaired) electrons. The van der Waals surface area contributed by atoms with Gasteiger partial charge in [0, 0.05) is 31.9 Å². The van der Waals surface area contributed by atoms with Crippen LogP contribution < -0.4 is 16.0 Å². The van der Waals surface area contributed by atoms with Crippen molar-refractivity contribution in [3.63, 3.8) is 0 Å². The molecule has 0 spiro atoms. The summed E-state index contributed by atoms with van der Waals surface area (Å²) in [7, 11) is 1.68. The van der Waals surface area contributed by atoms with Crippen molar-refractivity contribution in [1.82, 2.24) is 5.32 Å². The van der Waals surface area contributed by atoms with E-state index in [-0.39, 0.29) is 6.04 Å². The number of ether oxygens (including phenoxy) is 1. The summed E-state index contributed by atoms with van der Waals surface area (Å²) in [6, 6.07) is 8.65. The van der Waals surface area contributed by atoms with Gasteiger partial charge >= 0.3 is 0 Å². The molecule has 1 unspecified atom stereocenters. The molecule has 1 saturated heterocycles. The van der Waals surface area contributed by atoms with Crippen LogP contribution in [0.4, 0.5) is 5.69 Å². The van der Waals surface area contributed by atoms with Crippen molar-refractivity contribution >= 4 is 11.6 Å². The zero-order chi connectivity index (χ0) is 15.8. The van der Waals surface area contributed by atoms with Crippen molar-refractivity contribution < 1.29 is 4.74 Å². The lowest BCUT2D eigenvalue weighted by Crippen LogP contribution is -2.40. The van der Waals surface area contributed by atoms with Crippen molar-refractivity contribution in [2.75, 3.05) is 31.7 Å². The number of piperidine rings is 1. The highest BCUT2D eigenvalue weighted by molar-refractivity contribution is 5.78. The Morgan fingerprint density at radius 2 is 2.05 bits per heavy atom. The molecule has 5 heteroatoms. The third-order valence-electron chi connectivity index (χ3n) is 3.92. The van der Waals surface area contributed by atoms with Crippen molar-refractivity contribution in [3.8, 4) is 0 Å². The summed E-state index contributed by atoms with van der Waals surface area (Å²) >= 11 is 0. The Hall–Kier alpha value is -1.75. The second-order valence-corrected chi connectivity index (χ2v) is 5.88. The Kier molecular flexibility index (Phi) is 6.52. The van der Waals surface area contributed by atoms with Gasteiger partial charge in [0.2, 0.25) is 0 Å². The van der Waals surface area contributed by atoms with Crippen molar-refractivity contribution in [1.29, 1.82) is 0 Å². The highest BCUT2D eigenvalue weighted by atomic mass is 16.5. The summed E-state index contributed by atoms with van der Waals surface area (Å²) in [5, 5.41) is 3.14. The number of hydrogen-bond donors (Lipinski definition) is 2. The standard InChI is InChI=1S/C17H28N4O/c1-14(13-22-2)20-17(18)19-12-15-8-4-5-9-16(15)21-10-6-3-7-11-21/h4-5,8-9,14H,3,6-7,10-13H2,1-2H3,(H3,18,19,20). The number of anilines is 1. The molecule has 0 aromatic heterocycles. The van der Waals surface area contributed by atoms with Gasteiger partial charge < -0.3 is 20.7 Å². The number of rotatable bonds is 6. The normalized spacial score (nSPS) is 17.4. The number of nitrogens with one attached hydrogen (secondary N) is 1. The van der Waals surface area contributed by atoms with Gasteiger partial charge in [-0.15, -0.1) is 0 Å². The van der Waals surface area contributed by atoms with Crippen molar-refractivity contribution in [3.05, 3.63) is 29.8 Å². The maximum atomic E-state index is 5.95. The largest absolute Gasteiger partial charge is 0.383 e. The first kappa shape index (κ1) is 16.6. The lowest BCUT2D eigenvalue weighted by Gasteiger charge is -2.30. The molecule has 1 aliphatic heterocycles. The van der Waals surface area contributed by atoms with Crippen LogP contribution in [0.3, 0.4) is 0 Å². The molecule has 1 aliphatic rings. The van der Waals surface area contributed by atoms with E-state index >= 15 is 0 Å². The molecule has 0 aliphatic carbocycles. The molecular formula is C17H28N4O. The zero-order valence-electron chi connectivity index (χ0n) is 13.7. The summed E-state index contributed by atoms with van der Waals surface area (Å²) in [5.74, 6) is 0.470. The van der Waals surface area contributed by atoms with E-state index in [1.165, 1.54) is 30.5 Å². The van der Waals surface area contributed by atoms with E-state index in [9.17, 15) is 0 Å². The van der Waals surface area contributed by atoms with Crippen LogP contribution >= 0.6 is 0 Å². The van der Waals surface area contributed by atoms with E-state index in [1.807, 2.05) is 6.92 Å². The lowest BCUT2D eigenvalue weighted by molar-refractivity contribution is 0.179. The Labute approximate surface area is 133 Å². The molecule has 0 bridgehead atoms. The molecule has 0 amide bonds. The van der Waals surface area contributed by atoms with Gasteiger partial charge in [0.25, 0.3) is 0 Å². The highest BCUT2D eigenvalue weighted by Crippen LogP contribution is 2.24. The van der Waals surface area contributed by atoms with Crippen LogP contribution in [0.1, 0.15) is 31.7 Å². The van der Waals surface area contributed by atoms with Gasteiger partial charge in [-0.05, 0) is 37.8 Å². The summed E-state index contributed by atoms with van der Waals surface area (Å²) in [6.07, 6.45) is 3.89. The Bertz CT molecular complexity index is 483. The number of guanidine groups is 1. The van der Waals surface area contributed by atoms with E-state index in [4.69, 9.17) is 10.5 Å². The first-order valence-electron chi connectivity index (χ1n) is 8.09. The summed E-state index contributed by atoms with van der Waals surface area (Å²) in [4.78, 5) is 6.94. The minimum Gasteiger partial charge on any atom is -0.383 e. The number of nitrogens with two attached hydrogens (primary N) is 1. The van der Waals surface area contributed by atoms with E-state index < -0.39 is 0 Å². The van der Waals surface area contributed by atoms with Crippen LogP contribution in [0.25, 0.3) is 0 Å². The second-order valence-electron chi connectivity index (χ2n) is 5.88. The first-order chi connectivity index (χ1) is 10.7. The number of aliphatic imine (C=N–C) groups is 1. The quantitative estimate of drug-likeness (QED) is 0.624. The zero-order valence-corrected chi connectivity index (χ0v) is 13.7. The van der Waals surface area contributed by atoms with Gasteiger partial charge in [0.1, 0.15) is 0 Å². The minimum atomic E-state index is 0.158. The molecule has 5 nitrogen and oxygen atoms in total. The predicted octanol–water partition coefficient (Wildman–Crippen LogP) is 2.12. The summed E-state index contributed by atoms with van der Waals surface area (Å²) < 4.78 is 5.09. The topological polar surface area (TPSA) is 62.9 Å². The summed E-state index contributed by atoms with van der Waals surface area (Å²) in [6.45, 7) is 5.51. The molecule has 1 atom stereocenters. The fraction of sp³-hybridized carbons (Fsp3) is 0.588. The number of methoxy groups -OCH3 is 1. The Morgan fingerprint density at radius 3 is 2.77 bits per heavy atom. The summed E-state index contributed by atoms with van der Waals surface area (Å²) in [5.41, 5.74) is 8.48. The van der Waals surface area contributed by atoms with Crippen LogP contribution in [0.2, 0.25) is 0 Å². The average Bonchev–Trinajstić information content (AvgIpc) is 2.54. The van der Waals surface area contributed by atoms with Crippen molar-refractivity contribution in [2.24, 2.45) is 10.7 Å². The van der Waals surface area contributed by atoms with E-state index in [0.717, 1.165) is 13.1 Å². The highest BCUT2D eigenvalue weighted by Gasteiger charge is 2.13. The smallest absolute Gasteiger partial charge is 0.189 e. The van der Waals surface area contributed by atoms with Crippen LogP contribution in [0.5, 0.6) is 0 Å². The number of nitrogens with zero attached hydrogens (tertiary/aromatic N) is 2. The minimum absolute atomic E-state index is 0.158. The van der Waals surface area contributed by atoms with Gasteiger partial charge in [-0.3, -0.25) is 0 Å². The molecule has 0 saturated carbocycles. The van der Waals surface area contributed by atoms with Crippen LogP contribution in [0, 0.1) is 0 Å². The third kappa shape index (κ3) is 4.91. The van der Waals surface area contributed by atoms with Gasteiger partial charge in [-0.25, -0.2) is 4.99 Å². The molecule has 22 heavy (non-hydrogen) atoms. The molecule has 1 heterocycles. The maximum absolute atomic E-state index is 5.95. The second kappa shape index (κ2) is 8.63. The first-order valence-corrected chi connectivity index (χ1v) is 8.09.